The molecule has 5 nitrogen and oxygen atoms in total. The highest BCUT2D eigenvalue weighted by molar-refractivity contribution is 5.93. The van der Waals surface area contributed by atoms with Crippen molar-refractivity contribution in [2.24, 2.45) is 0 Å². The van der Waals surface area contributed by atoms with Crippen LogP contribution in [0.3, 0.4) is 0 Å². The molecule has 0 spiro atoms. The van der Waals surface area contributed by atoms with Gasteiger partial charge in [0, 0.05) is 31.7 Å². The van der Waals surface area contributed by atoms with Crippen LogP contribution in [0, 0.1) is 0 Å². The second-order valence-electron chi connectivity index (χ2n) is 7.40. The minimum absolute atomic E-state index is 0.0907. The molecule has 5 heteroatoms. The van der Waals surface area contributed by atoms with E-state index in [-0.39, 0.29) is 23.7 Å². The fourth-order valence-electron chi connectivity index (χ4n) is 2.63. The van der Waals surface area contributed by atoms with Gasteiger partial charge in [-0.05, 0) is 49.6 Å². The Labute approximate surface area is 154 Å². The average Bonchev–Trinajstić information content (AvgIpc) is 2.54. The molecule has 0 radical (unpaired) electrons. The number of hydrogen-bond acceptors (Lipinski definition) is 4. The van der Waals surface area contributed by atoms with Crippen molar-refractivity contribution in [3.63, 3.8) is 0 Å². The Balaban J connectivity index is 2.02. The average molecular weight is 354 g/mol. The molecule has 0 aliphatic heterocycles. The SMILES string of the molecule is COCc1cccc(CC(=O)Cc2ccnc(C(=O)NC(C)(C)C)c2)c1. The van der Waals surface area contributed by atoms with Crippen molar-refractivity contribution < 1.29 is 14.3 Å². The van der Waals surface area contributed by atoms with E-state index in [1.54, 1.807) is 25.4 Å². The van der Waals surface area contributed by atoms with Crippen LogP contribution in [0.2, 0.25) is 0 Å². The summed E-state index contributed by atoms with van der Waals surface area (Å²) in [5.74, 6) is -0.146. The second-order valence-corrected chi connectivity index (χ2v) is 7.40. The van der Waals surface area contributed by atoms with Gasteiger partial charge in [0.1, 0.15) is 11.5 Å². The van der Waals surface area contributed by atoms with Gasteiger partial charge in [-0.1, -0.05) is 24.3 Å². The zero-order valence-corrected chi connectivity index (χ0v) is 15.8. The number of amides is 1. The molecule has 0 atom stereocenters. The molecule has 0 aliphatic carbocycles. The Morgan fingerprint density at radius 2 is 1.69 bits per heavy atom. The zero-order chi connectivity index (χ0) is 19.2. The van der Waals surface area contributed by atoms with Gasteiger partial charge in [-0.25, -0.2) is 0 Å². The van der Waals surface area contributed by atoms with Crippen LogP contribution in [0.15, 0.2) is 42.6 Å². The molecule has 2 aromatic rings. The number of ether oxygens (including phenoxy) is 1. The first-order chi connectivity index (χ1) is 12.3. The van der Waals surface area contributed by atoms with Gasteiger partial charge < -0.3 is 10.1 Å². The van der Waals surface area contributed by atoms with E-state index < -0.39 is 0 Å². The summed E-state index contributed by atoms with van der Waals surface area (Å²) in [6.45, 7) is 6.26. The van der Waals surface area contributed by atoms with E-state index in [4.69, 9.17) is 4.74 Å². The van der Waals surface area contributed by atoms with Crippen LogP contribution in [-0.4, -0.2) is 29.3 Å². The van der Waals surface area contributed by atoms with Crippen molar-refractivity contribution in [3.8, 4) is 0 Å². The molecule has 1 N–H and O–H groups in total. The quantitative estimate of drug-likeness (QED) is 0.829. The maximum atomic E-state index is 12.4. The summed E-state index contributed by atoms with van der Waals surface area (Å²) in [5.41, 5.74) is 2.79. The first-order valence-electron chi connectivity index (χ1n) is 8.63. The molecule has 1 aromatic carbocycles. The van der Waals surface area contributed by atoms with E-state index in [2.05, 4.69) is 10.3 Å². The third-order valence-electron chi connectivity index (χ3n) is 3.65. The summed E-state index contributed by atoms with van der Waals surface area (Å²) in [4.78, 5) is 28.7. The van der Waals surface area contributed by atoms with Gasteiger partial charge >= 0.3 is 0 Å². The Bertz CT molecular complexity index is 779. The van der Waals surface area contributed by atoms with Gasteiger partial charge in [-0.2, -0.15) is 0 Å². The summed E-state index contributed by atoms with van der Waals surface area (Å²) < 4.78 is 5.12. The summed E-state index contributed by atoms with van der Waals surface area (Å²) >= 11 is 0. The standard InChI is InChI=1S/C21H26N2O3/c1-21(2,3)23-20(25)19-13-16(8-9-22-19)12-18(24)11-15-6-5-7-17(10-15)14-26-4/h5-10,13H,11-12,14H2,1-4H3,(H,23,25). The Kier molecular flexibility index (Phi) is 6.64. The van der Waals surface area contributed by atoms with Gasteiger partial charge in [-0.3, -0.25) is 14.6 Å². The molecule has 0 fully saturated rings. The summed E-state index contributed by atoms with van der Waals surface area (Å²) in [7, 11) is 1.65. The van der Waals surface area contributed by atoms with Crippen LogP contribution < -0.4 is 5.32 Å². The Morgan fingerprint density at radius 3 is 2.35 bits per heavy atom. The predicted octanol–water partition coefficient (Wildman–Crippen LogP) is 3.11. The molecule has 1 heterocycles. The number of carbonyl (C=O) groups is 2. The lowest BCUT2D eigenvalue weighted by molar-refractivity contribution is -0.117. The molecule has 138 valence electrons. The van der Waals surface area contributed by atoms with E-state index in [0.29, 0.717) is 18.7 Å². The van der Waals surface area contributed by atoms with Crippen LogP contribution in [-0.2, 0) is 29.0 Å². The molecule has 0 unspecified atom stereocenters. The van der Waals surface area contributed by atoms with E-state index >= 15 is 0 Å². The molecule has 0 saturated carbocycles. The van der Waals surface area contributed by atoms with Crippen molar-refractivity contribution >= 4 is 11.7 Å². The molecule has 0 saturated heterocycles. The van der Waals surface area contributed by atoms with Crippen molar-refractivity contribution in [1.82, 2.24) is 10.3 Å². The molecule has 1 amide bonds. The van der Waals surface area contributed by atoms with Crippen LogP contribution in [0.25, 0.3) is 0 Å². The highest BCUT2D eigenvalue weighted by atomic mass is 16.5. The fourth-order valence-corrected chi connectivity index (χ4v) is 2.63. The molecule has 1 aromatic heterocycles. The van der Waals surface area contributed by atoms with E-state index in [1.807, 2.05) is 45.0 Å². The van der Waals surface area contributed by atoms with E-state index in [0.717, 1.165) is 16.7 Å². The van der Waals surface area contributed by atoms with Crippen molar-refractivity contribution in [3.05, 3.63) is 65.0 Å². The molecule has 0 bridgehead atoms. The second kappa shape index (κ2) is 8.72. The topological polar surface area (TPSA) is 68.3 Å². The number of carbonyl (C=O) groups excluding carboxylic acids is 2. The smallest absolute Gasteiger partial charge is 0.270 e. The number of pyridine rings is 1. The number of aromatic nitrogens is 1. The Hall–Kier alpha value is -2.53. The van der Waals surface area contributed by atoms with Crippen LogP contribution in [0.1, 0.15) is 48.0 Å². The normalized spacial score (nSPS) is 11.2. The monoisotopic (exact) mass is 354 g/mol. The first-order valence-corrected chi connectivity index (χ1v) is 8.63. The van der Waals surface area contributed by atoms with Gasteiger partial charge in [0.2, 0.25) is 0 Å². The van der Waals surface area contributed by atoms with Gasteiger partial charge in [0.05, 0.1) is 6.61 Å². The number of nitrogens with one attached hydrogen (secondary N) is 1. The third-order valence-corrected chi connectivity index (χ3v) is 3.65. The number of benzene rings is 1. The lowest BCUT2D eigenvalue weighted by Crippen LogP contribution is -2.40. The molecule has 26 heavy (non-hydrogen) atoms. The summed E-state index contributed by atoms with van der Waals surface area (Å²) in [5, 5.41) is 2.88. The van der Waals surface area contributed by atoms with Crippen molar-refractivity contribution in [2.75, 3.05) is 7.11 Å². The number of Topliss-reactive ketones (excluding diaryl/α,β-unsaturated/α-hetero) is 1. The molecule has 0 aliphatic rings. The van der Waals surface area contributed by atoms with Gasteiger partial charge in [-0.15, -0.1) is 0 Å². The van der Waals surface area contributed by atoms with Crippen LogP contribution >= 0.6 is 0 Å². The number of rotatable bonds is 7. The first kappa shape index (κ1) is 19.8. The minimum atomic E-state index is -0.336. The lowest BCUT2D eigenvalue weighted by atomic mass is 10.0. The summed E-state index contributed by atoms with van der Waals surface area (Å²) in [6, 6.07) is 11.3. The predicted molar refractivity (Wildman–Crippen MR) is 101 cm³/mol. The highest BCUT2D eigenvalue weighted by Gasteiger charge is 2.17. The van der Waals surface area contributed by atoms with Gasteiger partial charge in [0.15, 0.2) is 0 Å². The highest BCUT2D eigenvalue weighted by Crippen LogP contribution is 2.11. The Morgan fingerprint density at radius 1 is 1.04 bits per heavy atom. The maximum Gasteiger partial charge on any atom is 0.270 e. The molecule has 2 rings (SSSR count). The van der Waals surface area contributed by atoms with Crippen LogP contribution in [0.4, 0.5) is 0 Å². The number of hydrogen-bond donors (Lipinski definition) is 1. The summed E-state index contributed by atoms with van der Waals surface area (Å²) in [6.07, 6.45) is 2.19. The number of methoxy groups -OCH3 is 1. The number of nitrogens with zero attached hydrogens (tertiary/aromatic N) is 1. The minimum Gasteiger partial charge on any atom is -0.380 e. The van der Waals surface area contributed by atoms with E-state index in [9.17, 15) is 9.59 Å². The van der Waals surface area contributed by atoms with E-state index in [1.165, 1.54) is 0 Å². The fraction of sp³-hybridized carbons (Fsp3) is 0.381. The zero-order valence-electron chi connectivity index (χ0n) is 15.8. The number of ketones is 1. The van der Waals surface area contributed by atoms with Crippen molar-refractivity contribution in [1.29, 1.82) is 0 Å². The lowest BCUT2D eigenvalue weighted by Gasteiger charge is -2.20. The van der Waals surface area contributed by atoms with Crippen molar-refractivity contribution in [2.45, 2.75) is 45.8 Å². The third kappa shape index (κ3) is 6.41. The molecular formula is C21H26N2O3. The van der Waals surface area contributed by atoms with Gasteiger partial charge in [0.25, 0.3) is 5.91 Å². The maximum absolute atomic E-state index is 12.4. The van der Waals surface area contributed by atoms with Crippen LogP contribution in [0.5, 0.6) is 0 Å². The molecular weight excluding hydrogens is 328 g/mol. The largest absolute Gasteiger partial charge is 0.380 e.